The van der Waals surface area contributed by atoms with Gasteiger partial charge in [-0.2, -0.15) is 5.10 Å². The molecule has 168 valence electrons. The second kappa shape index (κ2) is 11.5. The molecule has 1 heterocycles. The summed E-state index contributed by atoms with van der Waals surface area (Å²) in [6, 6.07) is 11.1. The van der Waals surface area contributed by atoms with Gasteiger partial charge in [0.05, 0.1) is 22.8 Å². The molecule has 1 fully saturated rings. The molecule has 0 spiro atoms. The van der Waals surface area contributed by atoms with Crippen molar-refractivity contribution in [2.45, 2.75) is 25.2 Å². The van der Waals surface area contributed by atoms with Gasteiger partial charge in [0, 0.05) is 10.6 Å². The van der Waals surface area contributed by atoms with Gasteiger partial charge in [-0.1, -0.05) is 41.6 Å². The van der Waals surface area contributed by atoms with E-state index < -0.39 is 11.2 Å². The molecule has 0 radical (unpaired) electrons. The van der Waals surface area contributed by atoms with Crippen molar-refractivity contribution in [3.63, 3.8) is 0 Å². The van der Waals surface area contributed by atoms with Crippen LogP contribution in [0.3, 0.4) is 0 Å². The topological polar surface area (TPSA) is 110 Å². The van der Waals surface area contributed by atoms with Gasteiger partial charge in [-0.3, -0.25) is 9.59 Å². The average molecular weight is 588 g/mol. The largest absolute Gasteiger partial charge is 0.490 e. The van der Waals surface area contributed by atoms with E-state index in [0.29, 0.717) is 29.7 Å². The Morgan fingerprint density at radius 2 is 2.12 bits per heavy atom. The smallest absolute Gasteiger partial charge is 0.305 e. The Morgan fingerprint density at radius 3 is 2.84 bits per heavy atom. The molecule has 3 rings (SSSR count). The first-order valence-electron chi connectivity index (χ1n) is 9.50. The van der Waals surface area contributed by atoms with Crippen LogP contribution in [0.25, 0.3) is 0 Å². The van der Waals surface area contributed by atoms with Gasteiger partial charge in [-0.05, 0) is 53.3 Å². The number of hydrogen-bond donors (Lipinski definition) is 2. The van der Waals surface area contributed by atoms with Crippen LogP contribution in [0.5, 0.6) is 11.5 Å². The molecule has 0 aromatic heterocycles. The third-order valence-corrected chi connectivity index (χ3v) is 6.40. The molecule has 0 saturated carbocycles. The van der Waals surface area contributed by atoms with Gasteiger partial charge in [0.25, 0.3) is 0 Å². The standard InChI is InChI=1S/C21H19ClIN3O5S/c1-2-30-16-8-12(10-24-26-21-25-20(29)17(32-21)9-18(27)28)7-15(23)19(16)31-11-13-5-3-4-6-14(13)22/h3-8,10,17H,2,9,11H2,1H3,(H,27,28)(H,25,26,29). The monoisotopic (exact) mass is 587 g/mol. The van der Waals surface area contributed by atoms with E-state index in [-0.39, 0.29) is 17.5 Å². The summed E-state index contributed by atoms with van der Waals surface area (Å²) in [6.45, 7) is 2.63. The van der Waals surface area contributed by atoms with Gasteiger partial charge in [-0.25, -0.2) is 0 Å². The van der Waals surface area contributed by atoms with E-state index in [0.717, 1.165) is 26.5 Å². The summed E-state index contributed by atoms with van der Waals surface area (Å²) in [4.78, 5) is 22.6. The lowest BCUT2D eigenvalue weighted by Gasteiger charge is -2.15. The third kappa shape index (κ3) is 6.59. The maximum atomic E-state index is 11.8. The van der Waals surface area contributed by atoms with E-state index in [1.807, 2.05) is 37.3 Å². The number of nitrogens with zero attached hydrogens (tertiary/aromatic N) is 2. The van der Waals surface area contributed by atoms with Crippen LogP contribution in [0.4, 0.5) is 0 Å². The quantitative estimate of drug-likeness (QED) is 0.257. The molecule has 1 saturated heterocycles. The average Bonchev–Trinajstić information content (AvgIpc) is 3.07. The number of benzene rings is 2. The van der Waals surface area contributed by atoms with Crippen LogP contribution >= 0.6 is 46.0 Å². The first-order chi connectivity index (χ1) is 15.4. The van der Waals surface area contributed by atoms with Crippen LogP contribution in [0.15, 0.2) is 46.6 Å². The van der Waals surface area contributed by atoms with Gasteiger partial charge in [0.2, 0.25) is 5.91 Å². The molecule has 1 atom stereocenters. The van der Waals surface area contributed by atoms with Gasteiger partial charge < -0.3 is 19.9 Å². The maximum Gasteiger partial charge on any atom is 0.305 e. The summed E-state index contributed by atoms with van der Waals surface area (Å²) in [7, 11) is 0. The van der Waals surface area contributed by atoms with Crippen LogP contribution in [0, 0.1) is 3.57 Å². The highest BCUT2D eigenvalue weighted by molar-refractivity contribution is 14.1. The Morgan fingerprint density at radius 1 is 1.34 bits per heavy atom. The predicted octanol–water partition coefficient (Wildman–Crippen LogP) is 4.32. The number of ether oxygens (including phenoxy) is 2. The van der Waals surface area contributed by atoms with E-state index in [9.17, 15) is 9.59 Å². The highest BCUT2D eigenvalue weighted by atomic mass is 127. The molecule has 0 aliphatic carbocycles. The zero-order chi connectivity index (χ0) is 23.1. The molecule has 2 N–H and O–H groups in total. The lowest BCUT2D eigenvalue weighted by atomic mass is 10.2. The zero-order valence-corrected chi connectivity index (χ0v) is 20.6. The van der Waals surface area contributed by atoms with Crippen LogP contribution in [-0.2, 0) is 16.2 Å². The number of aliphatic carboxylic acids is 1. The normalized spacial score (nSPS) is 17.0. The van der Waals surface area contributed by atoms with Gasteiger partial charge >= 0.3 is 5.97 Å². The number of amides is 1. The Kier molecular flexibility index (Phi) is 8.76. The second-order valence-electron chi connectivity index (χ2n) is 6.49. The lowest BCUT2D eigenvalue weighted by Crippen LogP contribution is -2.26. The first-order valence-corrected chi connectivity index (χ1v) is 11.8. The molecule has 8 nitrogen and oxygen atoms in total. The second-order valence-corrected chi connectivity index (χ2v) is 9.25. The van der Waals surface area contributed by atoms with Crippen molar-refractivity contribution in [3.05, 3.63) is 56.1 Å². The molecule has 1 aliphatic rings. The first kappa shape index (κ1) is 24.3. The van der Waals surface area contributed by atoms with Gasteiger partial charge in [-0.15, -0.1) is 5.10 Å². The molecule has 1 amide bonds. The number of nitrogens with one attached hydrogen (secondary N) is 1. The molecule has 2 aromatic carbocycles. The SMILES string of the molecule is CCOc1cc(C=NN=C2NC(=O)C(CC(=O)O)S2)cc(I)c1OCc1ccccc1Cl. The van der Waals surface area contributed by atoms with E-state index in [2.05, 4.69) is 38.1 Å². The van der Waals surface area contributed by atoms with Crippen molar-refractivity contribution in [1.82, 2.24) is 5.32 Å². The van der Waals surface area contributed by atoms with E-state index in [1.54, 1.807) is 6.07 Å². The highest BCUT2D eigenvalue weighted by Crippen LogP contribution is 2.35. The predicted molar refractivity (Wildman–Crippen MR) is 133 cm³/mol. The van der Waals surface area contributed by atoms with E-state index in [1.165, 1.54) is 6.21 Å². The number of rotatable bonds is 9. The number of carboxylic acid groups (broad SMARTS) is 1. The van der Waals surface area contributed by atoms with Crippen LogP contribution < -0.4 is 14.8 Å². The summed E-state index contributed by atoms with van der Waals surface area (Å²) in [6.07, 6.45) is 1.25. The summed E-state index contributed by atoms with van der Waals surface area (Å²) in [5, 5.41) is 19.5. The van der Waals surface area contributed by atoms with Crippen molar-refractivity contribution >= 4 is 69.2 Å². The minimum atomic E-state index is -1.04. The maximum absolute atomic E-state index is 11.8. The fraction of sp³-hybridized carbons (Fsp3) is 0.238. The Bertz CT molecular complexity index is 1080. The van der Waals surface area contributed by atoms with Crippen molar-refractivity contribution in [2.24, 2.45) is 10.2 Å². The van der Waals surface area contributed by atoms with Gasteiger partial charge in [0.15, 0.2) is 16.7 Å². The molecule has 32 heavy (non-hydrogen) atoms. The van der Waals surface area contributed by atoms with Crippen LogP contribution in [0.2, 0.25) is 5.02 Å². The number of amidine groups is 1. The summed E-state index contributed by atoms with van der Waals surface area (Å²) in [5.41, 5.74) is 1.59. The summed E-state index contributed by atoms with van der Waals surface area (Å²) >= 11 is 9.41. The summed E-state index contributed by atoms with van der Waals surface area (Å²) in [5.74, 6) is -0.270. The molecule has 11 heteroatoms. The molecule has 1 unspecified atom stereocenters. The number of carboxylic acids is 1. The minimum absolute atomic E-state index is 0.261. The fourth-order valence-corrected chi connectivity index (χ4v) is 4.61. The van der Waals surface area contributed by atoms with E-state index >= 15 is 0 Å². The van der Waals surface area contributed by atoms with Crippen molar-refractivity contribution in [3.8, 4) is 11.5 Å². The Labute approximate surface area is 207 Å². The fourth-order valence-electron chi connectivity index (χ4n) is 2.72. The van der Waals surface area contributed by atoms with E-state index in [4.69, 9.17) is 26.2 Å². The number of thioether (sulfide) groups is 1. The minimum Gasteiger partial charge on any atom is -0.490 e. The van der Waals surface area contributed by atoms with Crippen molar-refractivity contribution in [1.29, 1.82) is 0 Å². The number of halogens is 2. The van der Waals surface area contributed by atoms with Crippen molar-refractivity contribution in [2.75, 3.05) is 6.61 Å². The molecule has 0 bridgehead atoms. The van der Waals surface area contributed by atoms with Crippen LogP contribution in [-0.4, -0.2) is 40.2 Å². The molecular formula is C21H19ClIN3O5S. The molecule has 1 aliphatic heterocycles. The highest BCUT2D eigenvalue weighted by Gasteiger charge is 2.32. The van der Waals surface area contributed by atoms with Gasteiger partial charge in [0.1, 0.15) is 11.9 Å². The summed E-state index contributed by atoms with van der Waals surface area (Å²) < 4.78 is 12.6. The zero-order valence-electron chi connectivity index (χ0n) is 16.9. The van der Waals surface area contributed by atoms with Crippen LogP contribution in [0.1, 0.15) is 24.5 Å². The number of carbonyl (C=O) groups excluding carboxylic acids is 1. The molecular weight excluding hydrogens is 569 g/mol. The Balaban J connectivity index is 1.73. The lowest BCUT2D eigenvalue weighted by molar-refractivity contribution is -0.138. The number of carbonyl (C=O) groups is 2. The third-order valence-electron chi connectivity index (χ3n) is 4.15. The number of hydrogen-bond acceptors (Lipinski definition) is 7. The Hall–Kier alpha value is -2.31. The van der Waals surface area contributed by atoms with Crippen molar-refractivity contribution < 1.29 is 24.2 Å². The molecule has 2 aromatic rings.